The lowest BCUT2D eigenvalue weighted by Crippen LogP contribution is -2.22. The monoisotopic (exact) mass is 293 g/mol. The maximum absolute atomic E-state index is 12.0. The summed E-state index contributed by atoms with van der Waals surface area (Å²) in [5.41, 5.74) is 1.21. The summed E-state index contributed by atoms with van der Waals surface area (Å²) in [7, 11) is 0. The molecule has 0 aliphatic carbocycles. The van der Waals surface area contributed by atoms with Crippen LogP contribution in [-0.4, -0.2) is 21.4 Å². The molecule has 1 N–H and O–H groups in total. The van der Waals surface area contributed by atoms with E-state index >= 15 is 0 Å². The Kier molecular flexibility index (Phi) is 4.55. The van der Waals surface area contributed by atoms with Gasteiger partial charge in [-0.3, -0.25) is 10.1 Å². The van der Waals surface area contributed by atoms with Crippen LogP contribution in [0.2, 0.25) is 0 Å². The maximum Gasteiger partial charge on any atom is 0.239 e. The van der Waals surface area contributed by atoms with Crippen molar-refractivity contribution in [2.45, 2.75) is 30.9 Å². The van der Waals surface area contributed by atoms with Crippen molar-refractivity contribution >= 4 is 34.1 Å². The number of thioether (sulfide) groups is 1. The van der Waals surface area contributed by atoms with Gasteiger partial charge in [-0.2, -0.15) is 0 Å². The van der Waals surface area contributed by atoms with Crippen molar-refractivity contribution in [1.29, 1.82) is 0 Å². The number of anilines is 1. The van der Waals surface area contributed by atoms with Gasteiger partial charge in [0.15, 0.2) is 0 Å². The van der Waals surface area contributed by atoms with Crippen LogP contribution < -0.4 is 5.32 Å². The Bertz CT molecular complexity index is 566. The van der Waals surface area contributed by atoms with Gasteiger partial charge in [0.25, 0.3) is 0 Å². The van der Waals surface area contributed by atoms with Gasteiger partial charge >= 0.3 is 0 Å². The molecule has 0 bridgehead atoms. The number of carbonyl (C=O) groups excluding carboxylic acids is 1. The van der Waals surface area contributed by atoms with Gasteiger partial charge in [-0.25, -0.2) is 0 Å². The summed E-state index contributed by atoms with van der Waals surface area (Å²) in [5.74, 6) is -0.0540. The topological polar surface area (TPSA) is 54.9 Å². The first-order chi connectivity index (χ1) is 9.04. The molecule has 6 heteroatoms. The third-order valence-corrected chi connectivity index (χ3v) is 4.33. The summed E-state index contributed by atoms with van der Waals surface area (Å²) in [4.78, 5) is 13.1. The quantitative estimate of drug-likeness (QED) is 0.879. The Morgan fingerprint density at radius 1 is 1.26 bits per heavy atom. The zero-order valence-electron chi connectivity index (χ0n) is 11.0. The minimum atomic E-state index is -0.174. The van der Waals surface area contributed by atoms with Gasteiger partial charge in [-0.05, 0) is 32.9 Å². The fourth-order valence-corrected chi connectivity index (χ4v) is 2.89. The number of aromatic nitrogens is 2. The fourth-order valence-electron chi connectivity index (χ4n) is 1.43. The first kappa shape index (κ1) is 14.0. The molecule has 19 heavy (non-hydrogen) atoms. The highest BCUT2D eigenvalue weighted by Gasteiger charge is 2.16. The molecule has 2 aromatic rings. The first-order valence-electron chi connectivity index (χ1n) is 5.89. The molecule has 0 spiro atoms. The minimum Gasteiger partial charge on any atom is -0.300 e. The van der Waals surface area contributed by atoms with Gasteiger partial charge in [-0.1, -0.05) is 29.0 Å². The second-order valence-electron chi connectivity index (χ2n) is 4.19. The molecule has 0 radical (unpaired) electrons. The summed E-state index contributed by atoms with van der Waals surface area (Å²) >= 11 is 2.91. The molecule has 0 saturated heterocycles. The number of hydrogen-bond acceptors (Lipinski definition) is 5. The predicted molar refractivity (Wildman–Crippen MR) is 79.8 cm³/mol. The van der Waals surface area contributed by atoms with E-state index < -0.39 is 0 Å². The lowest BCUT2D eigenvalue weighted by molar-refractivity contribution is -0.115. The van der Waals surface area contributed by atoms with E-state index in [0.29, 0.717) is 5.13 Å². The van der Waals surface area contributed by atoms with Gasteiger partial charge in [0, 0.05) is 4.90 Å². The molecule has 0 aliphatic heterocycles. The summed E-state index contributed by atoms with van der Waals surface area (Å²) in [6.07, 6.45) is 0. The molecule has 1 atom stereocenters. The smallest absolute Gasteiger partial charge is 0.239 e. The van der Waals surface area contributed by atoms with Crippen molar-refractivity contribution in [1.82, 2.24) is 10.2 Å². The van der Waals surface area contributed by atoms with Crippen LogP contribution in [0.5, 0.6) is 0 Å². The van der Waals surface area contributed by atoms with Crippen molar-refractivity contribution in [3.05, 3.63) is 34.8 Å². The van der Waals surface area contributed by atoms with Crippen molar-refractivity contribution in [3.63, 3.8) is 0 Å². The number of carbonyl (C=O) groups is 1. The second kappa shape index (κ2) is 6.16. The fraction of sp³-hybridized carbons (Fsp3) is 0.308. The molecule has 0 unspecified atom stereocenters. The highest BCUT2D eigenvalue weighted by atomic mass is 32.2. The first-order valence-corrected chi connectivity index (χ1v) is 7.58. The van der Waals surface area contributed by atoms with Crippen LogP contribution in [0.15, 0.2) is 29.2 Å². The number of benzene rings is 1. The van der Waals surface area contributed by atoms with Gasteiger partial charge in [0.05, 0.1) is 5.25 Å². The van der Waals surface area contributed by atoms with Crippen molar-refractivity contribution < 1.29 is 4.79 Å². The molecular weight excluding hydrogens is 278 g/mol. The van der Waals surface area contributed by atoms with E-state index in [4.69, 9.17) is 0 Å². The summed E-state index contributed by atoms with van der Waals surface area (Å²) in [6, 6.07) is 8.14. The highest BCUT2D eigenvalue weighted by Crippen LogP contribution is 2.24. The lowest BCUT2D eigenvalue weighted by Gasteiger charge is -2.10. The molecule has 0 aliphatic rings. The maximum atomic E-state index is 12.0. The van der Waals surface area contributed by atoms with Gasteiger partial charge in [0.2, 0.25) is 11.0 Å². The molecule has 4 nitrogen and oxygen atoms in total. The van der Waals surface area contributed by atoms with Gasteiger partial charge in [0.1, 0.15) is 5.01 Å². The summed E-state index contributed by atoms with van der Waals surface area (Å²) in [6.45, 7) is 5.79. The van der Waals surface area contributed by atoms with Gasteiger partial charge in [-0.15, -0.1) is 22.0 Å². The molecule has 1 aromatic heterocycles. The number of aryl methyl sites for hydroxylation is 2. The standard InChI is InChI=1S/C13H15N3OS2/c1-8-4-6-11(7-5-8)18-9(2)12(17)14-13-16-15-10(3)19-13/h4-7,9H,1-3H3,(H,14,16,17)/t9-/m0/s1. The van der Waals surface area contributed by atoms with Crippen LogP contribution in [0.3, 0.4) is 0 Å². The van der Waals surface area contributed by atoms with E-state index in [9.17, 15) is 4.79 Å². The molecule has 1 heterocycles. The van der Waals surface area contributed by atoms with Crippen molar-refractivity contribution in [2.75, 3.05) is 5.32 Å². The zero-order valence-corrected chi connectivity index (χ0v) is 12.6. The largest absolute Gasteiger partial charge is 0.300 e. The van der Waals surface area contributed by atoms with E-state index in [-0.39, 0.29) is 11.2 Å². The normalized spacial score (nSPS) is 12.2. The Balaban J connectivity index is 1.94. The number of nitrogens with zero attached hydrogens (tertiary/aromatic N) is 2. The molecule has 0 saturated carbocycles. The van der Waals surface area contributed by atoms with Crippen LogP contribution in [0.4, 0.5) is 5.13 Å². The van der Waals surface area contributed by atoms with Crippen LogP contribution >= 0.6 is 23.1 Å². The van der Waals surface area contributed by atoms with Crippen LogP contribution in [-0.2, 0) is 4.79 Å². The van der Waals surface area contributed by atoms with Crippen LogP contribution in [0.1, 0.15) is 17.5 Å². The van der Waals surface area contributed by atoms with Crippen LogP contribution in [0.25, 0.3) is 0 Å². The van der Waals surface area contributed by atoms with E-state index in [1.165, 1.54) is 28.7 Å². The summed E-state index contributed by atoms with van der Waals surface area (Å²) in [5, 5.41) is 11.8. The number of amides is 1. The Labute approximate surface area is 120 Å². The molecule has 100 valence electrons. The summed E-state index contributed by atoms with van der Waals surface area (Å²) < 4.78 is 0. The molecule has 0 fully saturated rings. The Morgan fingerprint density at radius 3 is 2.53 bits per heavy atom. The molecule has 2 rings (SSSR count). The Hall–Kier alpha value is -1.40. The van der Waals surface area contributed by atoms with Crippen molar-refractivity contribution in [3.8, 4) is 0 Å². The average molecular weight is 293 g/mol. The number of rotatable bonds is 4. The number of hydrogen-bond donors (Lipinski definition) is 1. The van der Waals surface area contributed by atoms with E-state index in [1.54, 1.807) is 0 Å². The van der Waals surface area contributed by atoms with E-state index in [2.05, 4.69) is 15.5 Å². The second-order valence-corrected chi connectivity index (χ2v) is 6.78. The zero-order chi connectivity index (χ0) is 13.8. The van der Waals surface area contributed by atoms with Gasteiger partial charge < -0.3 is 0 Å². The number of nitrogens with one attached hydrogen (secondary N) is 1. The average Bonchev–Trinajstić information content (AvgIpc) is 2.77. The minimum absolute atomic E-state index is 0.0540. The predicted octanol–water partition coefficient (Wildman–Crippen LogP) is 3.27. The van der Waals surface area contributed by atoms with Crippen molar-refractivity contribution in [2.24, 2.45) is 0 Å². The van der Waals surface area contributed by atoms with Crippen LogP contribution in [0, 0.1) is 13.8 Å². The molecular formula is C13H15N3OS2. The SMILES string of the molecule is Cc1ccc(S[C@@H](C)C(=O)Nc2nnc(C)s2)cc1. The Morgan fingerprint density at radius 2 is 1.95 bits per heavy atom. The van der Waals surface area contributed by atoms with E-state index in [0.717, 1.165) is 9.90 Å². The molecule has 1 aromatic carbocycles. The lowest BCUT2D eigenvalue weighted by atomic mass is 10.2. The third kappa shape index (κ3) is 4.04. The third-order valence-electron chi connectivity index (χ3n) is 2.46. The molecule has 1 amide bonds. The highest BCUT2D eigenvalue weighted by molar-refractivity contribution is 8.00. The van der Waals surface area contributed by atoms with E-state index in [1.807, 2.05) is 45.0 Å².